The van der Waals surface area contributed by atoms with Gasteiger partial charge in [0.15, 0.2) is 0 Å². The summed E-state index contributed by atoms with van der Waals surface area (Å²) in [5.41, 5.74) is 11.3. The molecule has 0 fully saturated rings. The van der Waals surface area contributed by atoms with E-state index in [4.69, 9.17) is 5.73 Å². The van der Waals surface area contributed by atoms with Gasteiger partial charge in [-0.2, -0.15) is 0 Å². The Morgan fingerprint density at radius 3 is 2.11 bits per heavy atom. The molecule has 1 unspecified atom stereocenters. The molecule has 1 aromatic carbocycles. The first-order valence-electron chi connectivity index (χ1n) is 6.85. The number of benzene rings is 1. The smallest absolute Gasteiger partial charge is 0.0396 e. The molecule has 0 amide bonds. The van der Waals surface area contributed by atoms with Crippen molar-refractivity contribution in [3.05, 3.63) is 28.8 Å². The maximum Gasteiger partial charge on any atom is 0.0396 e. The van der Waals surface area contributed by atoms with E-state index in [9.17, 15) is 0 Å². The van der Waals surface area contributed by atoms with Crippen LogP contribution in [0.15, 0.2) is 12.1 Å². The highest BCUT2D eigenvalue weighted by Crippen LogP contribution is 2.24. The van der Waals surface area contributed by atoms with Crippen LogP contribution in [0.3, 0.4) is 0 Å². The Kier molecular flexibility index (Phi) is 5.21. The summed E-state index contributed by atoms with van der Waals surface area (Å²) >= 11 is 0. The van der Waals surface area contributed by atoms with Crippen molar-refractivity contribution in [1.82, 2.24) is 0 Å². The average molecular weight is 248 g/mol. The first kappa shape index (κ1) is 15.0. The molecule has 2 heteroatoms. The van der Waals surface area contributed by atoms with Gasteiger partial charge in [-0.15, -0.1) is 0 Å². The number of rotatable bonds is 5. The summed E-state index contributed by atoms with van der Waals surface area (Å²) in [5.74, 6) is 1.18. The van der Waals surface area contributed by atoms with Gasteiger partial charge < -0.3 is 10.6 Å². The number of nitrogens with zero attached hydrogens (tertiary/aromatic N) is 1. The second-order valence-corrected chi connectivity index (χ2v) is 5.84. The summed E-state index contributed by atoms with van der Waals surface area (Å²) in [7, 11) is 2.17. The number of anilines is 1. The molecule has 1 aromatic rings. The monoisotopic (exact) mass is 248 g/mol. The first-order valence-corrected chi connectivity index (χ1v) is 6.85. The molecule has 1 atom stereocenters. The Balaban J connectivity index is 2.90. The number of nitrogens with two attached hydrogens (primary N) is 1. The largest absolute Gasteiger partial charge is 0.374 e. The van der Waals surface area contributed by atoms with Crippen molar-refractivity contribution in [3.8, 4) is 0 Å². The van der Waals surface area contributed by atoms with Gasteiger partial charge in [0.25, 0.3) is 0 Å². The fourth-order valence-corrected chi connectivity index (χ4v) is 2.36. The average Bonchev–Trinajstić information content (AvgIpc) is 2.29. The maximum atomic E-state index is 5.87. The van der Waals surface area contributed by atoms with Gasteiger partial charge in [-0.25, -0.2) is 0 Å². The van der Waals surface area contributed by atoms with Crippen molar-refractivity contribution in [1.29, 1.82) is 0 Å². The van der Waals surface area contributed by atoms with E-state index in [0.717, 1.165) is 13.1 Å². The molecule has 0 saturated heterocycles. The zero-order valence-corrected chi connectivity index (χ0v) is 12.7. The first-order chi connectivity index (χ1) is 8.36. The van der Waals surface area contributed by atoms with Crippen LogP contribution in [0.25, 0.3) is 0 Å². The summed E-state index contributed by atoms with van der Waals surface area (Å²) in [4.78, 5) is 2.35. The molecule has 0 bridgehead atoms. The lowest BCUT2D eigenvalue weighted by Gasteiger charge is -2.29. The highest BCUT2D eigenvalue weighted by atomic mass is 15.1. The Labute approximate surface area is 112 Å². The van der Waals surface area contributed by atoms with Crippen molar-refractivity contribution in [2.24, 2.45) is 17.6 Å². The molecule has 2 N–H and O–H groups in total. The van der Waals surface area contributed by atoms with Crippen LogP contribution < -0.4 is 10.6 Å². The third kappa shape index (κ3) is 3.49. The van der Waals surface area contributed by atoms with Gasteiger partial charge in [0.2, 0.25) is 0 Å². The van der Waals surface area contributed by atoms with Crippen LogP contribution in [-0.4, -0.2) is 20.1 Å². The van der Waals surface area contributed by atoms with Crippen LogP contribution in [-0.2, 0) is 0 Å². The minimum Gasteiger partial charge on any atom is -0.374 e. The van der Waals surface area contributed by atoms with Crippen molar-refractivity contribution < 1.29 is 0 Å². The van der Waals surface area contributed by atoms with Crippen LogP contribution in [0.1, 0.15) is 30.5 Å². The third-order valence-electron chi connectivity index (χ3n) is 3.98. The summed E-state index contributed by atoms with van der Waals surface area (Å²) in [6.45, 7) is 12.8. The SMILES string of the molecule is Cc1cc(C)c(N(C)CC(CN)C(C)C)cc1C. The van der Waals surface area contributed by atoms with Crippen LogP contribution in [0, 0.1) is 32.6 Å². The Morgan fingerprint density at radius 2 is 1.61 bits per heavy atom. The Bertz CT molecular complexity index is 396. The molecular formula is C16H28N2. The molecule has 0 aromatic heterocycles. The summed E-state index contributed by atoms with van der Waals surface area (Å²) in [6, 6.07) is 4.56. The van der Waals surface area contributed by atoms with Crippen LogP contribution in [0.2, 0.25) is 0 Å². The lowest BCUT2D eigenvalue weighted by Crippen LogP contribution is -2.33. The van der Waals surface area contributed by atoms with Gasteiger partial charge in [0.05, 0.1) is 0 Å². The molecule has 0 aliphatic carbocycles. The quantitative estimate of drug-likeness (QED) is 0.866. The van der Waals surface area contributed by atoms with Crippen molar-refractivity contribution in [2.75, 3.05) is 25.0 Å². The van der Waals surface area contributed by atoms with E-state index in [-0.39, 0.29) is 0 Å². The van der Waals surface area contributed by atoms with Gasteiger partial charge >= 0.3 is 0 Å². The Morgan fingerprint density at radius 1 is 1.06 bits per heavy atom. The molecule has 18 heavy (non-hydrogen) atoms. The molecule has 1 rings (SSSR count). The fraction of sp³-hybridized carbons (Fsp3) is 0.625. The summed E-state index contributed by atoms with van der Waals surface area (Å²) in [5, 5.41) is 0. The zero-order valence-electron chi connectivity index (χ0n) is 12.7. The molecule has 0 spiro atoms. The lowest BCUT2D eigenvalue weighted by atomic mass is 9.95. The van der Waals surface area contributed by atoms with E-state index in [2.05, 4.69) is 58.7 Å². The van der Waals surface area contributed by atoms with Crippen LogP contribution >= 0.6 is 0 Å². The van der Waals surface area contributed by atoms with E-state index in [1.807, 2.05) is 0 Å². The summed E-state index contributed by atoms with van der Waals surface area (Å²) < 4.78 is 0. The maximum absolute atomic E-state index is 5.87. The van der Waals surface area contributed by atoms with Crippen LogP contribution in [0.4, 0.5) is 5.69 Å². The Hall–Kier alpha value is -1.02. The standard InChI is InChI=1S/C16H28N2/c1-11(2)15(9-17)10-18(6)16-8-13(4)12(3)7-14(16)5/h7-8,11,15H,9-10,17H2,1-6H3. The number of hydrogen-bond acceptors (Lipinski definition) is 2. The zero-order chi connectivity index (χ0) is 13.9. The van der Waals surface area contributed by atoms with E-state index < -0.39 is 0 Å². The number of aryl methyl sites for hydroxylation is 3. The minimum absolute atomic E-state index is 0.552. The second kappa shape index (κ2) is 6.24. The van der Waals surface area contributed by atoms with E-state index in [0.29, 0.717) is 11.8 Å². The van der Waals surface area contributed by atoms with Gasteiger partial charge in [-0.3, -0.25) is 0 Å². The van der Waals surface area contributed by atoms with Crippen molar-refractivity contribution in [3.63, 3.8) is 0 Å². The van der Waals surface area contributed by atoms with Gasteiger partial charge in [-0.05, 0) is 61.9 Å². The predicted octanol–water partition coefficient (Wildman–Crippen LogP) is 3.28. The molecule has 0 saturated carbocycles. The van der Waals surface area contributed by atoms with E-state index >= 15 is 0 Å². The topological polar surface area (TPSA) is 29.3 Å². The highest BCUT2D eigenvalue weighted by Gasteiger charge is 2.15. The van der Waals surface area contributed by atoms with Crippen LogP contribution in [0.5, 0.6) is 0 Å². The molecule has 0 heterocycles. The van der Waals surface area contributed by atoms with Crippen molar-refractivity contribution in [2.45, 2.75) is 34.6 Å². The van der Waals surface area contributed by atoms with Gasteiger partial charge in [-0.1, -0.05) is 19.9 Å². The van der Waals surface area contributed by atoms with Gasteiger partial charge in [0, 0.05) is 19.3 Å². The lowest BCUT2D eigenvalue weighted by molar-refractivity contribution is 0.397. The second-order valence-electron chi connectivity index (χ2n) is 5.84. The molecule has 102 valence electrons. The minimum atomic E-state index is 0.552. The fourth-order valence-electron chi connectivity index (χ4n) is 2.36. The van der Waals surface area contributed by atoms with E-state index in [1.165, 1.54) is 22.4 Å². The highest BCUT2D eigenvalue weighted by molar-refractivity contribution is 5.56. The van der Waals surface area contributed by atoms with Crippen molar-refractivity contribution >= 4 is 5.69 Å². The molecule has 0 aliphatic rings. The normalized spacial score (nSPS) is 12.9. The number of hydrogen-bond donors (Lipinski definition) is 1. The molecule has 0 radical (unpaired) electrons. The molecular weight excluding hydrogens is 220 g/mol. The molecule has 2 nitrogen and oxygen atoms in total. The predicted molar refractivity (Wildman–Crippen MR) is 81.3 cm³/mol. The van der Waals surface area contributed by atoms with E-state index in [1.54, 1.807) is 0 Å². The third-order valence-corrected chi connectivity index (χ3v) is 3.98. The summed E-state index contributed by atoms with van der Waals surface area (Å²) in [6.07, 6.45) is 0. The molecule has 0 aliphatic heterocycles. The van der Waals surface area contributed by atoms with Gasteiger partial charge in [0.1, 0.15) is 0 Å².